The third kappa shape index (κ3) is 3.62. The molecule has 0 unspecified atom stereocenters. The number of aryl methyl sites for hydroxylation is 1. The van der Waals surface area contributed by atoms with Crippen LogP contribution in [0, 0.1) is 6.92 Å². The lowest BCUT2D eigenvalue weighted by Gasteiger charge is -2.05. The summed E-state index contributed by atoms with van der Waals surface area (Å²) in [5.41, 5.74) is 7.85. The zero-order valence-corrected chi connectivity index (χ0v) is 9.86. The highest BCUT2D eigenvalue weighted by molar-refractivity contribution is 7.99. The summed E-state index contributed by atoms with van der Waals surface area (Å²) < 4.78 is 0. The minimum absolute atomic E-state index is 0.861. The van der Waals surface area contributed by atoms with Gasteiger partial charge in [-0.05, 0) is 42.9 Å². The lowest BCUT2D eigenvalue weighted by atomic mass is 10.2. The first-order valence-corrected chi connectivity index (χ1v) is 6.21. The number of benzene rings is 1. The molecule has 0 bridgehead atoms. The number of thioether (sulfide) groups is 1. The van der Waals surface area contributed by atoms with E-state index in [4.69, 9.17) is 5.73 Å². The van der Waals surface area contributed by atoms with E-state index < -0.39 is 0 Å². The standard InChI is InChI=1S/C12H19NS/c1-3-4-5-8-14-12-7-6-11(13)9-10(12)2/h6-7,9H,3-5,8,13H2,1-2H3. The minimum Gasteiger partial charge on any atom is -0.399 e. The molecular formula is C12H19NS. The second-order valence-corrected chi connectivity index (χ2v) is 4.72. The van der Waals surface area contributed by atoms with Gasteiger partial charge in [0.1, 0.15) is 0 Å². The van der Waals surface area contributed by atoms with Gasteiger partial charge >= 0.3 is 0 Å². The predicted octanol–water partition coefficient (Wildman–Crippen LogP) is 3.86. The average Bonchev–Trinajstić information content (AvgIpc) is 2.15. The van der Waals surface area contributed by atoms with Crippen molar-refractivity contribution in [3.8, 4) is 0 Å². The van der Waals surface area contributed by atoms with Crippen molar-refractivity contribution in [2.24, 2.45) is 0 Å². The Morgan fingerprint density at radius 2 is 2.07 bits per heavy atom. The third-order valence-electron chi connectivity index (χ3n) is 2.20. The van der Waals surface area contributed by atoms with Gasteiger partial charge in [0.05, 0.1) is 0 Å². The fraction of sp³-hybridized carbons (Fsp3) is 0.500. The first kappa shape index (κ1) is 11.4. The van der Waals surface area contributed by atoms with Crippen molar-refractivity contribution in [2.45, 2.75) is 38.0 Å². The van der Waals surface area contributed by atoms with Crippen molar-refractivity contribution >= 4 is 17.4 Å². The maximum Gasteiger partial charge on any atom is 0.0317 e. The van der Waals surface area contributed by atoms with E-state index in [1.54, 1.807) is 0 Å². The summed E-state index contributed by atoms with van der Waals surface area (Å²) >= 11 is 1.94. The van der Waals surface area contributed by atoms with Crippen LogP contribution in [0.4, 0.5) is 5.69 Å². The van der Waals surface area contributed by atoms with Crippen LogP contribution in [0.5, 0.6) is 0 Å². The zero-order valence-electron chi connectivity index (χ0n) is 9.05. The number of nitrogens with two attached hydrogens (primary N) is 1. The van der Waals surface area contributed by atoms with Gasteiger partial charge in [0.2, 0.25) is 0 Å². The number of hydrogen-bond acceptors (Lipinski definition) is 2. The Morgan fingerprint density at radius 1 is 1.29 bits per heavy atom. The SMILES string of the molecule is CCCCCSc1ccc(N)cc1C. The van der Waals surface area contributed by atoms with E-state index >= 15 is 0 Å². The molecule has 0 aliphatic rings. The number of hydrogen-bond donors (Lipinski definition) is 1. The van der Waals surface area contributed by atoms with Crippen LogP contribution in [-0.4, -0.2) is 5.75 Å². The monoisotopic (exact) mass is 209 g/mol. The van der Waals surface area contributed by atoms with Crippen LogP contribution in [0.2, 0.25) is 0 Å². The van der Waals surface area contributed by atoms with Gasteiger partial charge in [0.25, 0.3) is 0 Å². The van der Waals surface area contributed by atoms with Crippen molar-refractivity contribution in [2.75, 3.05) is 11.5 Å². The lowest BCUT2D eigenvalue weighted by molar-refractivity contribution is 0.778. The van der Waals surface area contributed by atoms with Gasteiger partial charge in [0, 0.05) is 10.6 Å². The largest absolute Gasteiger partial charge is 0.399 e. The molecule has 0 fully saturated rings. The van der Waals surface area contributed by atoms with Crippen LogP contribution < -0.4 is 5.73 Å². The van der Waals surface area contributed by atoms with E-state index in [0.29, 0.717) is 0 Å². The van der Waals surface area contributed by atoms with Gasteiger partial charge in [-0.2, -0.15) is 0 Å². The van der Waals surface area contributed by atoms with Crippen LogP contribution >= 0.6 is 11.8 Å². The molecule has 1 aromatic carbocycles. The highest BCUT2D eigenvalue weighted by Crippen LogP contribution is 2.24. The first-order valence-electron chi connectivity index (χ1n) is 5.23. The number of unbranched alkanes of at least 4 members (excludes halogenated alkanes) is 2. The molecule has 0 aliphatic heterocycles. The van der Waals surface area contributed by atoms with Crippen LogP contribution in [0.1, 0.15) is 31.7 Å². The van der Waals surface area contributed by atoms with Crippen molar-refractivity contribution in [1.82, 2.24) is 0 Å². The Hall–Kier alpha value is -0.630. The molecule has 78 valence electrons. The minimum atomic E-state index is 0.861. The van der Waals surface area contributed by atoms with Gasteiger partial charge in [0.15, 0.2) is 0 Å². The molecular weight excluding hydrogens is 190 g/mol. The van der Waals surface area contributed by atoms with Crippen LogP contribution in [-0.2, 0) is 0 Å². The molecule has 0 spiro atoms. The van der Waals surface area contributed by atoms with Gasteiger partial charge in [-0.15, -0.1) is 11.8 Å². The maximum absolute atomic E-state index is 5.69. The van der Waals surface area contributed by atoms with E-state index in [2.05, 4.69) is 19.9 Å². The number of anilines is 1. The second kappa shape index (κ2) is 5.97. The Bertz CT molecular complexity index is 284. The van der Waals surface area contributed by atoms with Gasteiger partial charge in [-0.25, -0.2) is 0 Å². The Kier molecular flexibility index (Phi) is 4.88. The van der Waals surface area contributed by atoms with Crippen LogP contribution in [0.15, 0.2) is 23.1 Å². The molecule has 0 radical (unpaired) electrons. The van der Waals surface area contributed by atoms with Crippen LogP contribution in [0.3, 0.4) is 0 Å². The van der Waals surface area contributed by atoms with Gasteiger partial charge in [-0.1, -0.05) is 19.8 Å². The molecule has 2 N–H and O–H groups in total. The number of rotatable bonds is 5. The topological polar surface area (TPSA) is 26.0 Å². The fourth-order valence-electron chi connectivity index (χ4n) is 1.37. The van der Waals surface area contributed by atoms with E-state index in [0.717, 1.165) is 5.69 Å². The Balaban J connectivity index is 2.42. The van der Waals surface area contributed by atoms with E-state index in [-0.39, 0.29) is 0 Å². The van der Waals surface area contributed by atoms with E-state index in [9.17, 15) is 0 Å². The van der Waals surface area contributed by atoms with E-state index in [1.807, 2.05) is 23.9 Å². The maximum atomic E-state index is 5.69. The Labute approximate surface area is 91.1 Å². The molecule has 14 heavy (non-hydrogen) atoms. The van der Waals surface area contributed by atoms with Crippen molar-refractivity contribution in [1.29, 1.82) is 0 Å². The Morgan fingerprint density at radius 3 is 2.71 bits per heavy atom. The lowest BCUT2D eigenvalue weighted by Crippen LogP contribution is -1.88. The molecule has 0 aromatic heterocycles. The molecule has 1 rings (SSSR count). The molecule has 1 nitrogen and oxygen atoms in total. The smallest absolute Gasteiger partial charge is 0.0317 e. The summed E-state index contributed by atoms with van der Waals surface area (Å²) in [6.45, 7) is 4.36. The number of nitrogen functional groups attached to an aromatic ring is 1. The molecule has 1 aromatic rings. The highest BCUT2D eigenvalue weighted by atomic mass is 32.2. The molecule has 0 saturated carbocycles. The van der Waals surface area contributed by atoms with Gasteiger partial charge < -0.3 is 5.73 Å². The zero-order chi connectivity index (χ0) is 10.4. The molecule has 0 aliphatic carbocycles. The summed E-state index contributed by atoms with van der Waals surface area (Å²) in [6.07, 6.45) is 3.94. The average molecular weight is 209 g/mol. The molecule has 0 saturated heterocycles. The van der Waals surface area contributed by atoms with Crippen molar-refractivity contribution < 1.29 is 0 Å². The van der Waals surface area contributed by atoms with Crippen molar-refractivity contribution in [3.05, 3.63) is 23.8 Å². The molecule has 2 heteroatoms. The van der Waals surface area contributed by atoms with Crippen LogP contribution in [0.25, 0.3) is 0 Å². The van der Waals surface area contributed by atoms with E-state index in [1.165, 1.54) is 35.5 Å². The summed E-state index contributed by atoms with van der Waals surface area (Å²) in [5.74, 6) is 1.22. The molecule has 0 heterocycles. The molecule has 0 atom stereocenters. The summed E-state index contributed by atoms with van der Waals surface area (Å²) in [7, 11) is 0. The third-order valence-corrected chi connectivity index (χ3v) is 3.47. The van der Waals surface area contributed by atoms with Gasteiger partial charge in [-0.3, -0.25) is 0 Å². The van der Waals surface area contributed by atoms with Crippen molar-refractivity contribution in [3.63, 3.8) is 0 Å². The second-order valence-electron chi connectivity index (χ2n) is 3.58. The predicted molar refractivity (Wildman–Crippen MR) is 65.8 cm³/mol. The summed E-state index contributed by atoms with van der Waals surface area (Å²) in [5, 5.41) is 0. The quantitative estimate of drug-likeness (QED) is 0.453. The first-order chi connectivity index (χ1) is 6.74. The summed E-state index contributed by atoms with van der Waals surface area (Å²) in [6, 6.07) is 6.15. The molecule has 0 amide bonds. The normalized spacial score (nSPS) is 10.4. The summed E-state index contributed by atoms with van der Waals surface area (Å²) in [4.78, 5) is 1.37. The fourth-order valence-corrected chi connectivity index (χ4v) is 2.39. The highest BCUT2D eigenvalue weighted by Gasteiger charge is 1.98.